The SMILES string of the molecule is C#Cc1cccc(NC(=O)c2cn[nH]n2)c1. The van der Waals surface area contributed by atoms with Gasteiger partial charge in [0.05, 0.1) is 6.20 Å². The van der Waals surface area contributed by atoms with Gasteiger partial charge in [0.2, 0.25) is 0 Å². The van der Waals surface area contributed by atoms with Crippen LogP contribution in [-0.2, 0) is 0 Å². The number of aromatic amines is 1. The Hall–Kier alpha value is -2.61. The lowest BCUT2D eigenvalue weighted by Gasteiger charge is -2.02. The highest BCUT2D eigenvalue weighted by Crippen LogP contribution is 2.10. The quantitative estimate of drug-likeness (QED) is 0.730. The minimum atomic E-state index is -0.331. The monoisotopic (exact) mass is 212 g/mol. The average molecular weight is 212 g/mol. The zero-order chi connectivity index (χ0) is 11.4. The number of carbonyl (C=O) groups is 1. The van der Waals surface area contributed by atoms with E-state index in [0.29, 0.717) is 11.3 Å². The molecule has 78 valence electrons. The molecule has 1 heterocycles. The van der Waals surface area contributed by atoms with E-state index in [-0.39, 0.29) is 11.6 Å². The summed E-state index contributed by atoms with van der Waals surface area (Å²) in [6.07, 6.45) is 6.60. The molecular weight excluding hydrogens is 204 g/mol. The molecule has 0 spiro atoms. The van der Waals surface area contributed by atoms with Crippen LogP contribution in [0.3, 0.4) is 0 Å². The summed E-state index contributed by atoms with van der Waals surface area (Å²) >= 11 is 0. The van der Waals surface area contributed by atoms with Crippen molar-refractivity contribution in [2.24, 2.45) is 0 Å². The third-order valence-corrected chi connectivity index (χ3v) is 1.93. The van der Waals surface area contributed by atoms with Gasteiger partial charge in [-0.25, -0.2) is 0 Å². The summed E-state index contributed by atoms with van der Waals surface area (Å²) in [5, 5.41) is 12.2. The smallest absolute Gasteiger partial charge is 0.277 e. The van der Waals surface area contributed by atoms with E-state index in [1.165, 1.54) is 6.20 Å². The van der Waals surface area contributed by atoms with E-state index in [4.69, 9.17) is 6.42 Å². The molecule has 0 saturated heterocycles. The van der Waals surface area contributed by atoms with Crippen LogP contribution in [0.1, 0.15) is 16.1 Å². The van der Waals surface area contributed by atoms with E-state index in [9.17, 15) is 4.79 Å². The number of hydrogen-bond acceptors (Lipinski definition) is 3. The minimum Gasteiger partial charge on any atom is -0.321 e. The Morgan fingerprint density at radius 3 is 3.06 bits per heavy atom. The minimum absolute atomic E-state index is 0.228. The summed E-state index contributed by atoms with van der Waals surface area (Å²) in [4.78, 5) is 11.6. The molecule has 2 rings (SSSR count). The first-order valence-corrected chi connectivity index (χ1v) is 4.53. The number of benzene rings is 1. The fourth-order valence-corrected chi connectivity index (χ4v) is 1.19. The second kappa shape index (κ2) is 4.28. The van der Waals surface area contributed by atoms with Crippen LogP contribution in [0.2, 0.25) is 0 Å². The maximum absolute atomic E-state index is 11.6. The summed E-state index contributed by atoms with van der Waals surface area (Å²) < 4.78 is 0. The molecule has 1 aromatic heterocycles. The molecule has 16 heavy (non-hydrogen) atoms. The van der Waals surface area contributed by atoms with E-state index in [0.717, 1.165) is 0 Å². The Morgan fingerprint density at radius 1 is 1.50 bits per heavy atom. The van der Waals surface area contributed by atoms with Gasteiger partial charge < -0.3 is 5.32 Å². The Balaban J connectivity index is 2.16. The van der Waals surface area contributed by atoms with Crippen molar-refractivity contribution in [2.45, 2.75) is 0 Å². The van der Waals surface area contributed by atoms with E-state index in [2.05, 4.69) is 26.6 Å². The van der Waals surface area contributed by atoms with Crippen molar-refractivity contribution in [1.29, 1.82) is 0 Å². The van der Waals surface area contributed by atoms with E-state index < -0.39 is 0 Å². The van der Waals surface area contributed by atoms with Gasteiger partial charge in [0, 0.05) is 11.3 Å². The maximum atomic E-state index is 11.6. The molecule has 0 aliphatic rings. The van der Waals surface area contributed by atoms with E-state index in [1.807, 2.05) is 0 Å². The van der Waals surface area contributed by atoms with Crippen LogP contribution in [-0.4, -0.2) is 21.3 Å². The number of H-pyrrole nitrogens is 1. The van der Waals surface area contributed by atoms with Crippen molar-refractivity contribution in [2.75, 3.05) is 5.32 Å². The molecule has 0 atom stereocenters. The number of terminal acetylenes is 1. The van der Waals surface area contributed by atoms with Gasteiger partial charge in [-0.1, -0.05) is 12.0 Å². The molecule has 5 nitrogen and oxygen atoms in total. The van der Waals surface area contributed by atoms with Gasteiger partial charge in [0.1, 0.15) is 0 Å². The van der Waals surface area contributed by atoms with Crippen LogP contribution in [0.25, 0.3) is 0 Å². The van der Waals surface area contributed by atoms with Gasteiger partial charge in [-0.05, 0) is 18.2 Å². The fourth-order valence-electron chi connectivity index (χ4n) is 1.19. The molecular formula is C11H8N4O. The molecule has 0 unspecified atom stereocenters. The predicted octanol–water partition coefficient (Wildman–Crippen LogP) is 1.04. The van der Waals surface area contributed by atoms with Gasteiger partial charge in [0.15, 0.2) is 5.69 Å². The van der Waals surface area contributed by atoms with Crippen molar-refractivity contribution in [3.63, 3.8) is 0 Å². The molecule has 1 amide bonds. The van der Waals surface area contributed by atoms with Crippen LogP contribution in [0.15, 0.2) is 30.5 Å². The first-order valence-electron chi connectivity index (χ1n) is 4.53. The predicted molar refractivity (Wildman–Crippen MR) is 58.7 cm³/mol. The largest absolute Gasteiger partial charge is 0.321 e. The van der Waals surface area contributed by atoms with Crippen molar-refractivity contribution in [1.82, 2.24) is 15.4 Å². The van der Waals surface area contributed by atoms with Crippen LogP contribution in [0.4, 0.5) is 5.69 Å². The van der Waals surface area contributed by atoms with Crippen LogP contribution >= 0.6 is 0 Å². The van der Waals surface area contributed by atoms with Gasteiger partial charge in [0.25, 0.3) is 5.91 Å². The molecule has 0 aliphatic heterocycles. The first-order chi connectivity index (χ1) is 7.79. The Morgan fingerprint density at radius 2 is 2.38 bits per heavy atom. The molecule has 0 bridgehead atoms. The first kappa shape index (κ1) is 9.93. The number of rotatable bonds is 2. The van der Waals surface area contributed by atoms with Gasteiger partial charge in [-0.15, -0.1) is 6.42 Å². The zero-order valence-electron chi connectivity index (χ0n) is 8.27. The number of nitrogens with zero attached hydrogens (tertiary/aromatic N) is 2. The second-order valence-electron chi connectivity index (χ2n) is 3.03. The van der Waals surface area contributed by atoms with Crippen molar-refractivity contribution < 1.29 is 4.79 Å². The summed E-state index contributed by atoms with van der Waals surface area (Å²) in [5.74, 6) is 2.16. The van der Waals surface area contributed by atoms with Gasteiger partial charge >= 0.3 is 0 Å². The van der Waals surface area contributed by atoms with Crippen LogP contribution < -0.4 is 5.32 Å². The molecule has 5 heteroatoms. The second-order valence-corrected chi connectivity index (χ2v) is 3.03. The molecule has 0 aliphatic carbocycles. The molecule has 0 radical (unpaired) electrons. The molecule has 0 fully saturated rings. The van der Waals surface area contributed by atoms with Crippen molar-refractivity contribution in [3.05, 3.63) is 41.7 Å². The average Bonchev–Trinajstić information content (AvgIpc) is 2.83. The van der Waals surface area contributed by atoms with Gasteiger partial charge in [-0.2, -0.15) is 15.4 Å². The standard InChI is InChI=1S/C11H8N4O/c1-2-8-4-3-5-9(6-8)13-11(16)10-7-12-15-14-10/h1,3-7H,(H,13,16)(H,12,14,15). The summed E-state index contributed by atoms with van der Waals surface area (Å²) in [5.41, 5.74) is 1.56. The molecule has 2 N–H and O–H groups in total. The van der Waals surface area contributed by atoms with Gasteiger partial charge in [-0.3, -0.25) is 4.79 Å². The highest BCUT2D eigenvalue weighted by molar-refractivity contribution is 6.02. The number of aromatic nitrogens is 3. The number of amides is 1. The lowest BCUT2D eigenvalue weighted by Crippen LogP contribution is -2.12. The van der Waals surface area contributed by atoms with Crippen LogP contribution in [0, 0.1) is 12.3 Å². The fraction of sp³-hybridized carbons (Fsp3) is 0. The lowest BCUT2D eigenvalue weighted by atomic mass is 10.2. The van der Waals surface area contributed by atoms with E-state index in [1.54, 1.807) is 24.3 Å². The zero-order valence-corrected chi connectivity index (χ0v) is 8.27. The topological polar surface area (TPSA) is 70.7 Å². The number of hydrogen-bond donors (Lipinski definition) is 2. The number of nitrogens with one attached hydrogen (secondary N) is 2. The third kappa shape index (κ3) is 2.07. The molecule has 2 aromatic rings. The maximum Gasteiger partial charge on any atom is 0.277 e. The highest BCUT2D eigenvalue weighted by Gasteiger charge is 2.08. The number of anilines is 1. The van der Waals surface area contributed by atoms with Crippen molar-refractivity contribution in [3.8, 4) is 12.3 Å². The normalized spacial score (nSPS) is 9.44. The molecule has 1 aromatic carbocycles. The Kier molecular flexibility index (Phi) is 2.65. The summed E-state index contributed by atoms with van der Waals surface area (Å²) in [6.45, 7) is 0. The Labute approximate surface area is 91.9 Å². The Bertz CT molecular complexity index is 539. The molecule has 0 saturated carbocycles. The number of carbonyl (C=O) groups excluding carboxylic acids is 1. The van der Waals surface area contributed by atoms with Crippen molar-refractivity contribution >= 4 is 11.6 Å². The van der Waals surface area contributed by atoms with E-state index >= 15 is 0 Å². The highest BCUT2D eigenvalue weighted by atomic mass is 16.2. The van der Waals surface area contributed by atoms with Crippen LogP contribution in [0.5, 0.6) is 0 Å². The third-order valence-electron chi connectivity index (χ3n) is 1.93. The lowest BCUT2D eigenvalue weighted by molar-refractivity contribution is 0.102. The summed E-state index contributed by atoms with van der Waals surface area (Å²) in [7, 11) is 0. The summed E-state index contributed by atoms with van der Waals surface area (Å²) in [6, 6.07) is 7.01.